The second kappa shape index (κ2) is 5.99. The van der Waals surface area contributed by atoms with Crippen molar-refractivity contribution in [1.29, 1.82) is 0 Å². The zero-order chi connectivity index (χ0) is 11.2. The summed E-state index contributed by atoms with van der Waals surface area (Å²) in [5.41, 5.74) is 1.12. The lowest BCUT2D eigenvalue weighted by Crippen LogP contribution is -2.15. The van der Waals surface area contributed by atoms with Gasteiger partial charge in [-0.25, -0.2) is 4.68 Å². The van der Waals surface area contributed by atoms with Crippen molar-refractivity contribution < 1.29 is 4.74 Å². The molecule has 0 N–H and O–H groups in total. The van der Waals surface area contributed by atoms with E-state index >= 15 is 0 Å². The van der Waals surface area contributed by atoms with Crippen LogP contribution in [0.25, 0.3) is 0 Å². The van der Waals surface area contributed by atoms with Crippen molar-refractivity contribution in [3.8, 4) is 0 Å². The molecule has 0 aromatic carbocycles. The van der Waals surface area contributed by atoms with Crippen LogP contribution >= 0.6 is 0 Å². The molecule has 4 nitrogen and oxygen atoms in total. The largest absolute Gasteiger partial charge is 0.376 e. The highest BCUT2D eigenvalue weighted by Gasteiger charge is 2.16. The van der Waals surface area contributed by atoms with Crippen LogP contribution in [0.5, 0.6) is 0 Å². The van der Waals surface area contributed by atoms with E-state index < -0.39 is 0 Å². The third kappa shape index (κ3) is 3.30. The SMILES string of the molecule is CCCCCc1cn(C[C@@H]2CCCO2)nn1. The minimum absolute atomic E-state index is 0.352. The van der Waals surface area contributed by atoms with Crippen LogP contribution in [-0.2, 0) is 17.7 Å². The molecule has 90 valence electrons. The molecule has 1 fully saturated rings. The molecule has 0 saturated carbocycles. The average Bonchev–Trinajstić information content (AvgIpc) is 2.91. The van der Waals surface area contributed by atoms with E-state index in [-0.39, 0.29) is 0 Å². The van der Waals surface area contributed by atoms with Crippen LogP contribution in [0.15, 0.2) is 6.20 Å². The maximum absolute atomic E-state index is 5.58. The van der Waals surface area contributed by atoms with Crippen molar-refractivity contribution >= 4 is 0 Å². The second-order valence-electron chi connectivity index (χ2n) is 4.52. The number of hydrogen-bond donors (Lipinski definition) is 0. The molecule has 16 heavy (non-hydrogen) atoms. The number of nitrogens with zero attached hydrogens (tertiary/aromatic N) is 3. The van der Waals surface area contributed by atoms with E-state index in [2.05, 4.69) is 23.4 Å². The zero-order valence-electron chi connectivity index (χ0n) is 10.1. The van der Waals surface area contributed by atoms with Crippen molar-refractivity contribution in [2.45, 2.75) is 58.1 Å². The molecule has 0 amide bonds. The third-order valence-electron chi connectivity index (χ3n) is 3.04. The molecule has 2 rings (SSSR count). The van der Waals surface area contributed by atoms with E-state index in [1.165, 1.54) is 25.7 Å². The minimum atomic E-state index is 0.352. The van der Waals surface area contributed by atoms with Gasteiger partial charge < -0.3 is 4.74 Å². The summed E-state index contributed by atoms with van der Waals surface area (Å²) in [5, 5.41) is 8.33. The highest BCUT2D eigenvalue weighted by molar-refractivity contribution is 4.92. The van der Waals surface area contributed by atoms with E-state index in [0.717, 1.165) is 31.7 Å². The summed E-state index contributed by atoms with van der Waals surface area (Å²) in [7, 11) is 0. The Morgan fingerprint density at radius 2 is 2.44 bits per heavy atom. The molecule has 0 unspecified atom stereocenters. The van der Waals surface area contributed by atoms with Gasteiger partial charge in [0.2, 0.25) is 0 Å². The van der Waals surface area contributed by atoms with Crippen molar-refractivity contribution in [3.05, 3.63) is 11.9 Å². The number of unbranched alkanes of at least 4 members (excludes halogenated alkanes) is 2. The fourth-order valence-electron chi connectivity index (χ4n) is 2.10. The zero-order valence-corrected chi connectivity index (χ0v) is 10.1. The second-order valence-corrected chi connectivity index (χ2v) is 4.52. The Balaban J connectivity index is 1.77. The number of hydrogen-bond acceptors (Lipinski definition) is 3. The smallest absolute Gasteiger partial charge is 0.0827 e. The Hall–Kier alpha value is -0.900. The van der Waals surface area contributed by atoms with E-state index in [1.54, 1.807) is 0 Å². The summed E-state index contributed by atoms with van der Waals surface area (Å²) in [6.07, 6.45) is 9.56. The van der Waals surface area contributed by atoms with Gasteiger partial charge in [-0.05, 0) is 25.7 Å². The quantitative estimate of drug-likeness (QED) is 0.694. The van der Waals surface area contributed by atoms with E-state index in [0.29, 0.717) is 6.10 Å². The summed E-state index contributed by atoms with van der Waals surface area (Å²) in [5.74, 6) is 0. The molecule has 0 radical (unpaired) electrons. The topological polar surface area (TPSA) is 39.9 Å². The van der Waals surface area contributed by atoms with Crippen molar-refractivity contribution in [1.82, 2.24) is 15.0 Å². The first-order chi connectivity index (χ1) is 7.88. The Morgan fingerprint density at radius 1 is 1.50 bits per heavy atom. The highest BCUT2D eigenvalue weighted by atomic mass is 16.5. The van der Waals surface area contributed by atoms with Gasteiger partial charge in [-0.15, -0.1) is 5.10 Å². The highest BCUT2D eigenvalue weighted by Crippen LogP contribution is 2.13. The molecule has 4 heteroatoms. The first-order valence-electron chi connectivity index (χ1n) is 6.39. The lowest BCUT2D eigenvalue weighted by Gasteiger charge is -2.07. The standard InChI is InChI=1S/C12H21N3O/c1-2-3-4-6-11-9-15(14-13-11)10-12-7-5-8-16-12/h9,12H,2-8,10H2,1H3/t12-/m0/s1. The normalized spacial score (nSPS) is 20.4. The van der Waals surface area contributed by atoms with Gasteiger partial charge in [0.15, 0.2) is 0 Å². The van der Waals surface area contributed by atoms with Gasteiger partial charge in [-0.3, -0.25) is 0 Å². The Kier molecular flexibility index (Phi) is 4.34. The van der Waals surface area contributed by atoms with Gasteiger partial charge in [0.25, 0.3) is 0 Å². The Bertz CT molecular complexity index is 305. The summed E-state index contributed by atoms with van der Waals surface area (Å²) in [6, 6.07) is 0. The lowest BCUT2D eigenvalue weighted by molar-refractivity contribution is 0.0935. The predicted molar refractivity (Wildman–Crippen MR) is 62.2 cm³/mol. The fourth-order valence-corrected chi connectivity index (χ4v) is 2.10. The first kappa shape index (κ1) is 11.6. The van der Waals surface area contributed by atoms with E-state index in [9.17, 15) is 0 Å². The van der Waals surface area contributed by atoms with Crippen molar-refractivity contribution in [2.24, 2.45) is 0 Å². The fraction of sp³-hybridized carbons (Fsp3) is 0.833. The monoisotopic (exact) mass is 223 g/mol. The maximum Gasteiger partial charge on any atom is 0.0827 e. The molecule has 1 aliphatic rings. The van der Waals surface area contributed by atoms with Crippen LogP contribution in [0.3, 0.4) is 0 Å². The van der Waals surface area contributed by atoms with Crippen LogP contribution in [0, 0.1) is 0 Å². The van der Waals surface area contributed by atoms with Crippen LogP contribution < -0.4 is 0 Å². The maximum atomic E-state index is 5.58. The molecule has 1 aromatic heterocycles. The minimum Gasteiger partial charge on any atom is -0.376 e. The van der Waals surface area contributed by atoms with Gasteiger partial charge in [-0.2, -0.15) is 0 Å². The van der Waals surface area contributed by atoms with Gasteiger partial charge in [-0.1, -0.05) is 25.0 Å². The average molecular weight is 223 g/mol. The number of aryl methyl sites for hydroxylation is 1. The summed E-state index contributed by atoms with van der Waals surface area (Å²) in [6.45, 7) is 3.98. The molecule has 0 bridgehead atoms. The molecule has 1 saturated heterocycles. The molecule has 1 aromatic rings. The number of ether oxygens (including phenoxy) is 1. The Labute approximate surface area is 97.0 Å². The summed E-state index contributed by atoms with van der Waals surface area (Å²) in [4.78, 5) is 0. The summed E-state index contributed by atoms with van der Waals surface area (Å²) >= 11 is 0. The van der Waals surface area contributed by atoms with Gasteiger partial charge >= 0.3 is 0 Å². The molecule has 0 spiro atoms. The molecule has 2 heterocycles. The predicted octanol–water partition coefficient (Wildman–Crippen LogP) is 2.19. The molecular weight excluding hydrogens is 202 g/mol. The van der Waals surface area contributed by atoms with E-state index in [4.69, 9.17) is 4.74 Å². The number of aromatic nitrogens is 3. The van der Waals surface area contributed by atoms with Crippen LogP contribution in [-0.4, -0.2) is 27.7 Å². The molecular formula is C12H21N3O. The summed E-state index contributed by atoms with van der Waals surface area (Å²) < 4.78 is 7.50. The molecule has 0 aliphatic carbocycles. The Morgan fingerprint density at radius 3 is 3.19 bits per heavy atom. The van der Waals surface area contributed by atoms with Crippen LogP contribution in [0.2, 0.25) is 0 Å². The van der Waals surface area contributed by atoms with Gasteiger partial charge in [0.05, 0.1) is 18.3 Å². The van der Waals surface area contributed by atoms with E-state index in [1.807, 2.05) is 4.68 Å². The van der Waals surface area contributed by atoms with Crippen LogP contribution in [0.1, 0.15) is 44.7 Å². The number of rotatable bonds is 6. The first-order valence-corrected chi connectivity index (χ1v) is 6.39. The van der Waals surface area contributed by atoms with Crippen molar-refractivity contribution in [2.75, 3.05) is 6.61 Å². The van der Waals surface area contributed by atoms with Gasteiger partial charge in [0.1, 0.15) is 0 Å². The lowest BCUT2D eigenvalue weighted by atomic mass is 10.2. The van der Waals surface area contributed by atoms with Crippen LogP contribution in [0.4, 0.5) is 0 Å². The molecule has 1 atom stereocenters. The van der Waals surface area contributed by atoms with Gasteiger partial charge in [0, 0.05) is 12.8 Å². The molecule has 1 aliphatic heterocycles. The van der Waals surface area contributed by atoms with Crippen molar-refractivity contribution in [3.63, 3.8) is 0 Å². The third-order valence-corrected chi connectivity index (χ3v) is 3.04.